The molecule has 3 aromatic carbocycles. The molecule has 4 rings (SSSR count). The van der Waals surface area contributed by atoms with E-state index in [1.807, 2.05) is 61.5 Å². The number of para-hydroxylation sites is 1. The first-order chi connectivity index (χ1) is 13.2. The average Bonchev–Trinajstić information content (AvgIpc) is 3.21. The zero-order chi connectivity index (χ0) is 18.6. The number of carbonyl (C=O) groups excluding carboxylic acids is 1. The smallest absolute Gasteiger partial charge is 0.258 e. The number of anilines is 1. The van der Waals surface area contributed by atoms with Crippen LogP contribution >= 0.6 is 0 Å². The summed E-state index contributed by atoms with van der Waals surface area (Å²) in [5.74, 6) is 0.790. The second-order valence-electron chi connectivity index (χ2n) is 6.14. The minimum absolute atomic E-state index is 0.161. The van der Waals surface area contributed by atoms with E-state index >= 15 is 0 Å². The number of aryl methyl sites for hydroxylation is 1. The maximum atomic E-state index is 12.4. The van der Waals surface area contributed by atoms with E-state index < -0.39 is 0 Å². The molecule has 5 nitrogen and oxygen atoms in total. The predicted octanol–water partition coefficient (Wildman–Crippen LogP) is 4.96. The van der Waals surface area contributed by atoms with E-state index in [9.17, 15) is 4.79 Å². The van der Waals surface area contributed by atoms with Gasteiger partial charge in [0, 0.05) is 22.4 Å². The highest BCUT2D eigenvalue weighted by Gasteiger charge is 2.12. The Hall–Kier alpha value is -3.73. The highest BCUT2D eigenvalue weighted by molar-refractivity contribution is 6.04. The Morgan fingerprint density at radius 1 is 0.852 bits per heavy atom. The van der Waals surface area contributed by atoms with Crippen LogP contribution < -0.4 is 5.32 Å². The van der Waals surface area contributed by atoms with Crippen molar-refractivity contribution in [3.05, 3.63) is 90.0 Å². The Bertz CT molecular complexity index is 1070. The number of carbonyl (C=O) groups is 1. The van der Waals surface area contributed by atoms with Crippen LogP contribution in [-0.2, 0) is 0 Å². The number of aromatic nitrogens is 2. The van der Waals surface area contributed by atoms with Crippen LogP contribution in [0.1, 0.15) is 15.9 Å². The second kappa shape index (κ2) is 7.25. The van der Waals surface area contributed by atoms with Crippen molar-refractivity contribution in [1.29, 1.82) is 0 Å². The van der Waals surface area contributed by atoms with Crippen molar-refractivity contribution in [3.8, 4) is 22.8 Å². The zero-order valence-electron chi connectivity index (χ0n) is 14.7. The minimum atomic E-state index is -0.161. The third-order valence-electron chi connectivity index (χ3n) is 4.25. The van der Waals surface area contributed by atoms with Gasteiger partial charge in [-0.15, -0.1) is 0 Å². The molecule has 0 saturated carbocycles. The van der Waals surface area contributed by atoms with Gasteiger partial charge in [-0.2, -0.15) is 4.98 Å². The number of nitrogens with one attached hydrogen (secondary N) is 1. The Morgan fingerprint density at radius 3 is 2.30 bits per heavy atom. The summed E-state index contributed by atoms with van der Waals surface area (Å²) in [6.45, 7) is 1.96. The van der Waals surface area contributed by atoms with E-state index in [0.29, 0.717) is 17.3 Å². The number of hydrogen-bond acceptors (Lipinski definition) is 4. The third-order valence-corrected chi connectivity index (χ3v) is 4.25. The first-order valence-electron chi connectivity index (χ1n) is 8.57. The van der Waals surface area contributed by atoms with Gasteiger partial charge in [0.25, 0.3) is 11.8 Å². The van der Waals surface area contributed by atoms with Crippen LogP contribution in [0.3, 0.4) is 0 Å². The fourth-order valence-corrected chi connectivity index (χ4v) is 2.72. The van der Waals surface area contributed by atoms with Crippen LogP contribution in [0.2, 0.25) is 0 Å². The van der Waals surface area contributed by atoms with Crippen molar-refractivity contribution in [2.24, 2.45) is 0 Å². The van der Waals surface area contributed by atoms with Crippen molar-refractivity contribution in [3.63, 3.8) is 0 Å². The summed E-state index contributed by atoms with van der Waals surface area (Å²) in [6, 6.07) is 24.4. The molecule has 0 atom stereocenters. The van der Waals surface area contributed by atoms with Gasteiger partial charge in [-0.05, 0) is 42.8 Å². The van der Waals surface area contributed by atoms with Crippen molar-refractivity contribution < 1.29 is 9.32 Å². The highest BCUT2D eigenvalue weighted by Crippen LogP contribution is 2.23. The zero-order valence-corrected chi connectivity index (χ0v) is 14.7. The Morgan fingerprint density at radius 2 is 1.56 bits per heavy atom. The number of benzene rings is 3. The lowest BCUT2D eigenvalue weighted by Gasteiger charge is -2.08. The molecule has 132 valence electrons. The van der Waals surface area contributed by atoms with E-state index in [4.69, 9.17) is 4.52 Å². The molecule has 0 spiro atoms. The molecule has 4 aromatic rings. The lowest BCUT2D eigenvalue weighted by molar-refractivity contribution is 0.102. The largest absolute Gasteiger partial charge is 0.334 e. The van der Waals surface area contributed by atoms with Crippen molar-refractivity contribution in [2.75, 3.05) is 5.32 Å². The average molecular weight is 355 g/mol. The molecule has 1 aromatic heterocycles. The third kappa shape index (κ3) is 3.62. The van der Waals surface area contributed by atoms with Gasteiger partial charge in [0.15, 0.2) is 0 Å². The molecule has 5 heteroatoms. The fraction of sp³-hybridized carbons (Fsp3) is 0.0455. The van der Waals surface area contributed by atoms with E-state index in [2.05, 4.69) is 15.5 Å². The van der Waals surface area contributed by atoms with Crippen LogP contribution in [0.5, 0.6) is 0 Å². The molecule has 0 bridgehead atoms. The summed E-state index contributed by atoms with van der Waals surface area (Å²) in [5, 5.41) is 6.94. The van der Waals surface area contributed by atoms with Gasteiger partial charge >= 0.3 is 0 Å². The molecule has 27 heavy (non-hydrogen) atoms. The molecule has 0 aliphatic carbocycles. The fourth-order valence-electron chi connectivity index (χ4n) is 2.72. The maximum absolute atomic E-state index is 12.4. The maximum Gasteiger partial charge on any atom is 0.258 e. The molecule has 1 amide bonds. The molecule has 0 fully saturated rings. The molecular formula is C22H17N3O2. The van der Waals surface area contributed by atoms with Crippen LogP contribution in [0.15, 0.2) is 83.4 Å². The normalized spacial score (nSPS) is 10.6. The topological polar surface area (TPSA) is 68.0 Å². The molecule has 0 unspecified atom stereocenters. The van der Waals surface area contributed by atoms with Gasteiger partial charge in [-0.25, -0.2) is 0 Å². The standard InChI is InChI=1S/C22H17N3O2/c1-15-7-5-6-10-19(15)23-21(26)17-11-13-18(14-12-17)22-24-20(25-27-22)16-8-3-2-4-9-16/h2-14H,1H3,(H,23,26). The summed E-state index contributed by atoms with van der Waals surface area (Å²) in [6.07, 6.45) is 0. The van der Waals surface area contributed by atoms with Crippen molar-refractivity contribution in [2.45, 2.75) is 6.92 Å². The molecule has 0 saturated heterocycles. The van der Waals surface area contributed by atoms with Gasteiger partial charge < -0.3 is 9.84 Å². The molecule has 0 aliphatic heterocycles. The summed E-state index contributed by atoms with van der Waals surface area (Å²) in [5.41, 5.74) is 4.03. The van der Waals surface area contributed by atoms with Gasteiger partial charge in [0.2, 0.25) is 5.82 Å². The molecule has 1 heterocycles. The summed E-state index contributed by atoms with van der Waals surface area (Å²) in [7, 11) is 0. The second-order valence-corrected chi connectivity index (χ2v) is 6.14. The lowest BCUT2D eigenvalue weighted by atomic mass is 10.1. The van der Waals surface area contributed by atoms with E-state index in [1.54, 1.807) is 24.3 Å². The Kier molecular flexibility index (Phi) is 4.49. The lowest BCUT2D eigenvalue weighted by Crippen LogP contribution is -2.12. The number of hydrogen-bond donors (Lipinski definition) is 1. The van der Waals surface area contributed by atoms with Crippen LogP contribution in [0.25, 0.3) is 22.8 Å². The van der Waals surface area contributed by atoms with Gasteiger partial charge in [0.1, 0.15) is 0 Å². The molecular weight excluding hydrogens is 338 g/mol. The first kappa shape index (κ1) is 16.7. The number of rotatable bonds is 4. The summed E-state index contributed by atoms with van der Waals surface area (Å²) >= 11 is 0. The molecule has 1 N–H and O–H groups in total. The summed E-state index contributed by atoms with van der Waals surface area (Å²) < 4.78 is 5.36. The van der Waals surface area contributed by atoms with Gasteiger partial charge in [-0.1, -0.05) is 53.7 Å². The van der Waals surface area contributed by atoms with E-state index in [-0.39, 0.29) is 5.91 Å². The highest BCUT2D eigenvalue weighted by atomic mass is 16.5. The quantitative estimate of drug-likeness (QED) is 0.561. The van der Waals surface area contributed by atoms with Crippen molar-refractivity contribution >= 4 is 11.6 Å². The first-order valence-corrected chi connectivity index (χ1v) is 8.57. The SMILES string of the molecule is Cc1ccccc1NC(=O)c1ccc(-c2nc(-c3ccccc3)no2)cc1. The summed E-state index contributed by atoms with van der Waals surface area (Å²) in [4.78, 5) is 16.9. The van der Waals surface area contributed by atoms with E-state index in [0.717, 1.165) is 22.4 Å². The van der Waals surface area contributed by atoms with E-state index in [1.165, 1.54) is 0 Å². The predicted molar refractivity (Wildman–Crippen MR) is 104 cm³/mol. The monoisotopic (exact) mass is 355 g/mol. The van der Waals surface area contributed by atoms with Crippen LogP contribution in [0, 0.1) is 6.92 Å². The molecule has 0 aliphatic rings. The van der Waals surface area contributed by atoms with Gasteiger partial charge in [0.05, 0.1) is 0 Å². The van der Waals surface area contributed by atoms with Crippen LogP contribution in [-0.4, -0.2) is 16.0 Å². The van der Waals surface area contributed by atoms with Crippen molar-refractivity contribution in [1.82, 2.24) is 10.1 Å². The Labute approximate surface area is 156 Å². The van der Waals surface area contributed by atoms with Gasteiger partial charge in [-0.3, -0.25) is 4.79 Å². The minimum Gasteiger partial charge on any atom is -0.334 e. The Balaban J connectivity index is 1.52. The number of amides is 1. The van der Waals surface area contributed by atoms with Crippen LogP contribution in [0.4, 0.5) is 5.69 Å². The number of nitrogens with zero attached hydrogens (tertiary/aromatic N) is 2. The molecule has 0 radical (unpaired) electrons.